The van der Waals surface area contributed by atoms with E-state index < -0.39 is 32.0 Å². The van der Waals surface area contributed by atoms with Crippen molar-refractivity contribution in [3.05, 3.63) is 12.2 Å². The molecule has 0 aliphatic heterocycles. The molecule has 0 fully saturated rings. The fourth-order valence-electron chi connectivity index (χ4n) is 5.53. The third kappa shape index (κ3) is 30.5. The molecule has 0 bridgehead atoms. The number of aliphatic hydroxyl groups excluding tert-OH is 2. The Bertz CT molecular complexity index is 756. The van der Waals surface area contributed by atoms with Crippen molar-refractivity contribution < 1.29 is 33.5 Å². The molecule has 0 aromatic heterocycles. The second-order valence-electron chi connectivity index (χ2n) is 13.0. The van der Waals surface area contributed by atoms with E-state index in [4.69, 9.17) is 14.8 Å². The number of unbranched alkanes of at least 4 members (excludes halogenated alkanes) is 19. The molecule has 9 nitrogen and oxygen atoms in total. The van der Waals surface area contributed by atoms with Gasteiger partial charge in [0, 0.05) is 6.54 Å². The highest BCUT2D eigenvalue weighted by Crippen LogP contribution is 2.43. The molecule has 6 N–H and O–H groups in total. The Morgan fingerprint density at radius 1 is 0.717 bits per heavy atom. The quantitative estimate of drug-likeness (QED) is 0.0254. The summed E-state index contributed by atoms with van der Waals surface area (Å²) in [6, 6.07) is -0.899. The van der Waals surface area contributed by atoms with Gasteiger partial charge in [-0.15, -0.1) is 0 Å². The molecule has 1 amide bonds. The van der Waals surface area contributed by atoms with Crippen LogP contribution in [0.25, 0.3) is 0 Å². The first-order valence-corrected chi connectivity index (χ1v) is 20.4. The summed E-state index contributed by atoms with van der Waals surface area (Å²) >= 11 is 0. The van der Waals surface area contributed by atoms with Crippen molar-refractivity contribution in [2.45, 2.75) is 193 Å². The molecule has 10 heteroatoms. The first-order chi connectivity index (χ1) is 22.3. The third-order valence-electron chi connectivity index (χ3n) is 8.42. The van der Waals surface area contributed by atoms with E-state index in [-0.39, 0.29) is 26.2 Å². The Hall–Kier alpha value is -0.800. The highest BCUT2D eigenvalue weighted by molar-refractivity contribution is 7.47. The standard InChI is InChI=1S/C36H73N2O7P/c1-3-5-7-9-11-13-15-16-18-20-22-24-26-28-35(40)34(32-45-46(42,43)44-30-29-37)38-36(41)31-33(39)27-25-23-21-19-17-14-12-10-8-6-4-2/h19,21,33-35,39-40H,3-18,20,22-32,37H2,1-2H3,(H,38,41)(H,42,43)/b21-19-. The lowest BCUT2D eigenvalue weighted by Crippen LogP contribution is -2.47. The summed E-state index contributed by atoms with van der Waals surface area (Å²) in [6.07, 6.45) is 29.7. The van der Waals surface area contributed by atoms with Crippen LogP contribution in [-0.2, 0) is 18.4 Å². The smallest absolute Gasteiger partial charge is 0.393 e. The Morgan fingerprint density at radius 3 is 1.72 bits per heavy atom. The summed E-state index contributed by atoms with van der Waals surface area (Å²) in [5, 5.41) is 24.0. The van der Waals surface area contributed by atoms with Crippen LogP contribution >= 0.6 is 7.82 Å². The number of nitrogens with one attached hydrogen (secondary N) is 1. The Kier molecular flexibility index (Phi) is 32.2. The number of nitrogens with two attached hydrogens (primary N) is 1. The van der Waals surface area contributed by atoms with Crippen LogP contribution in [0.1, 0.15) is 174 Å². The molecule has 0 aliphatic carbocycles. The zero-order valence-electron chi connectivity index (χ0n) is 29.7. The number of carbonyl (C=O) groups excluding carboxylic acids is 1. The molecule has 0 radical (unpaired) electrons. The van der Waals surface area contributed by atoms with Crippen molar-refractivity contribution in [2.75, 3.05) is 19.8 Å². The van der Waals surface area contributed by atoms with Crippen molar-refractivity contribution >= 4 is 13.7 Å². The number of phosphoric ester groups is 1. The van der Waals surface area contributed by atoms with Gasteiger partial charge in [-0.25, -0.2) is 4.57 Å². The largest absolute Gasteiger partial charge is 0.472 e. The number of aliphatic hydroxyl groups is 2. The number of phosphoric acid groups is 1. The van der Waals surface area contributed by atoms with Gasteiger partial charge in [-0.1, -0.05) is 142 Å². The van der Waals surface area contributed by atoms with E-state index in [1.54, 1.807) is 0 Å². The number of rotatable bonds is 35. The molecule has 0 saturated carbocycles. The molecule has 0 saturated heterocycles. The van der Waals surface area contributed by atoms with E-state index in [0.29, 0.717) is 12.8 Å². The summed E-state index contributed by atoms with van der Waals surface area (Å²) < 4.78 is 22.0. The fourth-order valence-corrected chi connectivity index (χ4v) is 6.29. The first kappa shape index (κ1) is 45.2. The number of hydrogen-bond donors (Lipinski definition) is 5. The van der Waals surface area contributed by atoms with Gasteiger partial charge < -0.3 is 26.2 Å². The lowest BCUT2D eigenvalue weighted by atomic mass is 10.0. The second kappa shape index (κ2) is 32.7. The highest BCUT2D eigenvalue weighted by atomic mass is 31.2. The second-order valence-corrected chi connectivity index (χ2v) is 14.4. The van der Waals surface area contributed by atoms with Crippen LogP contribution in [0, 0.1) is 0 Å². The molecule has 4 unspecified atom stereocenters. The van der Waals surface area contributed by atoms with E-state index >= 15 is 0 Å². The molecular weight excluding hydrogens is 603 g/mol. The van der Waals surface area contributed by atoms with E-state index in [9.17, 15) is 24.5 Å². The molecule has 4 atom stereocenters. The van der Waals surface area contributed by atoms with Crippen LogP contribution < -0.4 is 11.1 Å². The normalized spacial score (nSPS) is 15.2. The number of amides is 1. The number of hydrogen-bond acceptors (Lipinski definition) is 7. The molecule has 0 aliphatic rings. The molecule has 0 aromatic rings. The number of carbonyl (C=O) groups is 1. The maximum atomic E-state index is 12.7. The van der Waals surface area contributed by atoms with Crippen LogP contribution in [0.4, 0.5) is 0 Å². The summed E-state index contributed by atoms with van der Waals surface area (Å²) in [5.41, 5.74) is 5.34. The fraction of sp³-hybridized carbons (Fsp3) is 0.917. The van der Waals surface area contributed by atoms with Crippen molar-refractivity contribution in [1.82, 2.24) is 5.32 Å². The van der Waals surface area contributed by atoms with Gasteiger partial charge in [0.15, 0.2) is 0 Å². The molecule has 0 heterocycles. The lowest BCUT2D eigenvalue weighted by molar-refractivity contribution is -0.125. The molecule has 0 aromatic carbocycles. The zero-order valence-corrected chi connectivity index (χ0v) is 30.6. The monoisotopic (exact) mass is 677 g/mol. The van der Waals surface area contributed by atoms with Crippen molar-refractivity contribution in [2.24, 2.45) is 5.73 Å². The Balaban J connectivity index is 4.42. The molecule has 0 spiro atoms. The van der Waals surface area contributed by atoms with Gasteiger partial charge in [0.2, 0.25) is 5.91 Å². The van der Waals surface area contributed by atoms with E-state index in [1.165, 1.54) is 103 Å². The van der Waals surface area contributed by atoms with Gasteiger partial charge >= 0.3 is 7.82 Å². The van der Waals surface area contributed by atoms with E-state index in [0.717, 1.165) is 38.5 Å². The van der Waals surface area contributed by atoms with Crippen molar-refractivity contribution in [1.29, 1.82) is 0 Å². The minimum atomic E-state index is -4.37. The average Bonchev–Trinajstić information content (AvgIpc) is 3.03. The summed E-state index contributed by atoms with van der Waals surface area (Å²) in [6.45, 7) is 4.00. The summed E-state index contributed by atoms with van der Waals surface area (Å²) in [7, 11) is -4.37. The predicted molar refractivity (Wildman–Crippen MR) is 191 cm³/mol. The topological polar surface area (TPSA) is 151 Å². The van der Waals surface area contributed by atoms with Gasteiger partial charge in [-0.05, 0) is 38.5 Å². The van der Waals surface area contributed by atoms with Gasteiger partial charge in [0.05, 0.1) is 37.9 Å². The molecule has 46 heavy (non-hydrogen) atoms. The minimum absolute atomic E-state index is 0.0581. The van der Waals surface area contributed by atoms with Gasteiger partial charge in [0.25, 0.3) is 0 Å². The zero-order chi connectivity index (χ0) is 34.1. The van der Waals surface area contributed by atoms with Crippen LogP contribution in [-0.4, -0.2) is 59.0 Å². The molecule has 274 valence electrons. The van der Waals surface area contributed by atoms with E-state index in [1.807, 2.05) is 0 Å². The van der Waals surface area contributed by atoms with Crippen molar-refractivity contribution in [3.63, 3.8) is 0 Å². The molecule has 0 rings (SSSR count). The van der Waals surface area contributed by atoms with Gasteiger partial charge in [-0.2, -0.15) is 0 Å². The van der Waals surface area contributed by atoms with Crippen LogP contribution in [0.2, 0.25) is 0 Å². The Morgan fingerprint density at radius 2 is 1.20 bits per heavy atom. The lowest BCUT2D eigenvalue weighted by Gasteiger charge is -2.25. The molecular formula is C36H73N2O7P. The minimum Gasteiger partial charge on any atom is -0.393 e. The summed E-state index contributed by atoms with van der Waals surface area (Å²) in [4.78, 5) is 22.6. The Labute approximate surface area is 282 Å². The highest BCUT2D eigenvalue weighted by Gasteiger charge is 2.28. The maximum Gasteiger partial charge on any atom is 0.472 e. The number of allylic oxidation sites excluding steroid dienone is 2. The van der Waals surface area contributed by atoms with E-state index in [2.05, 4.69) is 31.3 Å². The first-order valence-electron chi connectivity index (χ1n) is 18.9. The average molecular weight is 677 g/mol. The summed E-state index contributed by atoms with van der Waals surface area (Å²) in [5.74, 6) is -0.431. The van der Waals surface area contributed by atoms with Crippen LogP contribution in [0.3, 0.4) is 0 Å². The van der Waals surface area contributed by atoms with Crippen LogP contribution in [0.5, 0.6) is 0 Å². The predicted octanol–water partition coefficient (Wildman–Crippen LogP) is 8.63. The van der Waals surface area contributed by atoms with Crippen molar-refractivity contribution in [3.8, 4) is 0 Å². The SMILES string of the molecule is CCCCCCCC/C=C\CCCC(O)CC(=O)NC(COP(=O)(O)OCCN)C(O)CCCCCCCCCCCCCCC. The van der Waals surface area contributed by atoms with Crippen LogP contribution in [0.15, 0.2) is 12.2 Å². The van der Waals surface area contributed by atoms with Gasteiger partial charge in [0.1, 0.15) is 0 Å². The maximum absolute atomic E-state index is 12.7. The van der Waals surface area contributed by atoms with Gasteiger partial charge in [-0.3, -0.25) is 13.8 Å². The third-order valence-corrected chi connectivity index (χ3v) is 9.41.